The molecule has 0 aromatic carbocycles. The quantitative estimate of drug-likeness (QED) is 0.558. The molecule has 0 aliphatic carbocycles. The maximum absolute atomic E-state index is 11.6. The molecule has 0 bridgehead atoms. The van der Waals surface area contributed by atoms with Crippen LogP contribution >= 0.6 is 0 Å². The van der Waals surface area contributed by atoms with Gasteiger partial charge in [0.15, 0.2) is 0 Å². The lowest BCUT2D eigenvalue weighted by atomic mass is 9.94. The van der Waals surface area contributed by atoms with Crippen LogP contribution in [0.3, 0.4) is 0 Å². The van der Waals surface area contributed by atoms with Crippen LogP contribution in [0.1, 0.15) is 52.9 Å². The highest BCUT2D eigenvalue weighted by Crippen LogP contribution is 2.16. The van der Waals surface area contributed by atoms with Crippen molar-refractivity contribution in [2.24, 2.45) is 11.7 Å². The van der Waals surface area contributed by atoms with Crippen molar-refractivity contribution in [2.45, 2.75) is 59.0 Å². The summed E-state index contributed by atoms with van der Waals surface area (Å²) in [6, 6.07) is 0. The Morgan fingerprint density at radius 3 is 2.56 bits per heavy atom. The van der Waals surface area contributed by atoms with E-state index in [1.807, 2.05) is 13.8 Å². The third-order valence-corrected chi connectivity index (χ3v) is 2.93. The summed E-state index contributed by atoms with van der Waals surface area (Å²) in [5.74, 6) is 0.721. The fourth-order valence-corrected chi connectivity index (χ4v) is 1.99. The summed E-state index contributed by atoms with van der Waals surface area (Å²) in [5.41, 5.74) is 5.58. The van der Waals surface area contributed by atoms with Crippen molar-refractivity contribution >= 4 is 5.91 Å². The second-order valence-corrected chi connectivity index (χ2v) is 5.04. The molecule has 0 aliphatic heterocycles. The van der Waals surface area contributed by atoms with Crippen LogP contribution in [0.15, 0.2) is 0 Å². The van der Waals surface area contributed by atoms with Gasteiger partial charge in [0, 0.05) is 13.0 Å². The molecule has 0 rings (SSSR count). The average molecular weight is 258 g/mol. The highest BCUT2D eigenvalue weighted by atomic mass is 16.5. The molecule has 3 N–H and O–H groups in total. The largest absolute Gasteiger partial charge is 0.377 e. The van der Waals surface area contributed by atoms with Crippen molar-refractivity contribution in [3.05, 3.63) is 0 Å². The summed E-state index contributed by atoms with van der Waals surface area (Å²) in [4.78, 5) is 11.6. The molecule has 0 saturated carbocycles. The molecule has 18 heavy (non-hydrogen) atoms. The molecule has 0 aromatic rings. The zero-order chi connectivity index (χ0) is 13.8. The number of amides is 1. The second-order valence-electron chi connectivity index (χ2n) is 5.04. The van der Waals surface area contributed by atoms with Crippen molar-refractivity contribution in [3.8, 4) is 0 Å². The number of nitrogens with one attached hydrogen (secondary N) is 1. The minimum atomic E-state index is 0.125. The van der Waals surface area contributed by atoms with E-state index in [-0.39, 0.29) is 12.0 Å². The molecule has 4 nitrogen and oxygen atoms in total. The van der Waals surface area contributed by atoms with Gasteiger partial charge in [-0.25, -0.2) is 0 Å². The molecule has 0 fully saturated rings. The van der Waals surface area contributed by atoms with Gasteiger partial charge in [0.1, 0.15) is 0 Å². The van der Waals surface area contributed by atoms with Crippen molar-refractivity contribution in [1.82, 2.24) is 5.32 Å². The predicted octanol–water partition coefficient (Wildman–Crippen LogP) is 2.07. The molecular weight excluding hydrogens is 228 g/mol. The minimum absolute atomic E-state index is 0.125. The van der Waals surface area contributed by atoms with Crippen LogP contribution < -0.4 is 11.1 Å². The van der Waals surface area contributed by atoms with E-state index in [1.54, 1.807) is 0 Å². The number of hydrogen-bond donors (Lipinski definition) is 2. The van der Waals surface area contributed by atoms with Gasteiger partial charge in [0.05, 0.1) is 12.7 Å². The minimum Gasteiger partial charge on any atom is -0.377 e. The van der Waals surface area contributed by atoms with E-state index in [0.29, 0.717) is 32.0 Å². The van der Waals surface area contributed by atoms with E-state index < -0.39 is 0 Å². The smallest absolute Gasteiger partial charge is 0.220 e. The molecule has 0 aromatic heterocycles. The first-order valence-corrected chi connectivity index (χ1v) is 7.18. The van der Waals surface area contributed by atoms with Gasteiger partial charge in [-0.3, -0.25) is 4.79 Å². The van der Waals surface area contributed by atoms with Gasteiger partial charge in [-0.2, -0.15) is 0 Å². The zero-order valence-corrected chi connectivity index (χ0v) is 12.2. The first-order valence-electron chi connectivity index (χ1n) is 7.18. The second kappa shape index (κ2) is 11.5. The van der Waals surface area contributed by atoms with E-state index in [0.717, 1.165) is 19.3 Å². The number of carbonyl (C=O) groups is 1. The maximum atomic E-state index is 11.6. The molecule has 1 atom stereocenters. The van der Waals surface area contributed by atoms with E-state index in [9.17, 15) is 4.79 Å². The fraction of sp³-hybridized carbons (Fsp3) is 0.929. The highest BCUT2D eigenvalue weighted by Gasteiger charge is 2.09. The lowest BCUT2D eigenvalue weighted by Crippen LogP contribution is -2.28. The summed E-state index contributed by atoms with van der Waals surface area (Å²) in [7, 11) is 0. The van der Waals surface area contributed by atoms with Crippen LogP contribution in [0.25, 0.3) is 0 Å². The van der Waals surface area contributed by atoms with E-state index >= 15 is 0 Å². The fourth-order valence-electron chi connectivity index (χ4n) is 1.99. The van der Waals surface area contributed by atoms with Crippen LogP contribution in [0.2, 0.25) is 0 Å². The predicted molar refractivity (Wildman–Crippen MR) is 75.4 cm³/mol. The molecule has 1 unspecified atom stereocenters. The summed E-state index contributed by atoms with van der Waals surface area (Å²) in [6.07, 6.45) is 5.13. The van der Waals surface area contributed by atoms with Crippen molar-refractivity contribution < 1.29 is 9.53 Å². The Morgan fingerprint density at radius 1 is 1.28 bits per heavy atom. The monoisotopic (exact) mass is 258 g/mol. The summed E-state index contributed by atoms with van der Waals surface area (Å²) >= 11 is 0. The van der Waals surface area contributed by atoms with Crippen LogP contribution in [-0.4, -0.2) is 31.7 Å². The molecule has 0 radical (unpaired) electrons. The van der Waals surface area contributed by atoms with Gasteiger partial charge in [0.25, 0.3) is 0 Å². The summed E-state index contributed by atoms with van der Waals surface area (Å²) < 4.78 is 5.36. The SMILES string of the molecule is CCCC(CCN)CCC(=O)NCCOC(C)C. The third kappa shape index (κ3) is 10.5. The van der Waals surface area contributed by atoms with Crippen molar-refractivity contribution in [3.63, 3.8) is 0 Å². The first-order chi connectivity index (χ1) is 8.60. The average Bonchev–Trinajstić information content (AvgIpc) is 2.32. The van der Waals surface area contributed by atoms with Crippen LogP contribution in [0, 0.1) is 5.92 Å². The Labute approximate surface area is 112 Å². The number of carbonyl (C=O) groups excluding carboxylic acids is 1. The van der Waals surface area contributed by atoms with Crippen LogP contribution in [0.5, 0.6) is 0 Å². The van der Waals surface area contributed by atoms with Gasteiger partial charge >= 0.3 is 0 Å². The number of nitrogens with two attached hydrogens (primary N) is 1. The first kappa shape index (κ1) is 17.4. The Bertz CT molecular complexity index is 202. The van der Waals surface area contributed by atoms with Gasteiger partial charge in [-0.1, -0.05) is 19.8 Å². The Balaban J connectivity index is 3.60. The van der Waals surface area contributed by atoms with Gasteiger partial charge < -0.3 is 15.8 Å². The van der Waals surface area contributed by atoms with Gasteiger partial charge in [0.2, 0.25) is 5.91 Å². The molecular formula is C14H30N2O2. The Hall–Kier alpha value is -0.610. The Kier molecular flexibility index (Phi) is 11.1. The highest BCUT2D eigenvalue weighted by molar-refractivity contribution is 5.75. The molecule has 0 saturated heterocycles. The normalized spacial score (nSPS) is 12.7. The number of hydrogen-bond acceptors (Lipinski definition) is 3. The van der Waals surface area contributed by atoms with Crippen molar-refractivity contribution in [1.29, 1.82) is 0 Å². The van der Waals surface area contributed by atoms with E-state index in [1.165, 1.54) is 6.42 Å². The molecule has 0 spiro atoms. The lowest BCUT2D eigenvalue weighted by Gasteiger charge is -2.14. The van der Waals surface area contributed by atoms with Gasteiger partial charge in [-0.15, -0.1) is 0 Å². The van der Waals surface area contributed by atoms with E-state index in [2.05, 4.69) is 12.2 Å². The molecule has 4 heteroatoms. The van der Waals surface area contributed by atoms with Crippen LogP contribution in [-0.2, 0) is 9.53 Å². The topological polar surface area (TPSA) is 64.4 Å². The standard InChI is InChI=1S/C14H30N2O2/c1-4-5-13(8-9-15)6-7-14(17)16-10-11-18-12(2)3/h12-13H,4-11,15H2,1-3H3,(H,16,17). The third-order valence-electron chi connectivity index (χ3n) is 2.93. The van der Waals surface area contributed by atoms with Crippen molar-refractivity contribution in [2.75, 3.05) is 19.7 Å². The molecule has 1 amide bonds. The maximum Gasteiger partial charge on any atom is 0.220 e. The zero-order valence-electron chi connectivity index (χ0n) is 12.2. The molecule has 108 valence electrons. The number of rotatable bonds is 11. The summed E-state index contributed by atoms with van der Waals surface area (Å²) in [6.45, 7) is 8.06. The van der Waals surface area contributed by atoms with E-state index in [4.69, 9.17) is 10.5 Å². The lowest BCUT2D eigenvalue weighted by molar-refractivity contribution is -0.121. The summed E-state index contributed by atoms with van der Waals surface area (Å²) in [5, 5.41) is 2.88. The van der Waals surface area contributed by atoms with Crippen LogP contribution in [0.4, 0.5) is 0 Å². The number of ether oxygens (including phenoxy) is 1. The Morgan fingerprint density at radius 2 is 2.00 bits per heavy atom. The molecule has 0 heterocycles. The van der Waals surface area contributed by atoms with Gasteiger partial charge in [-0.05, 0) is 39.2 Å². The molecule has 0 aliphatic rings.